The summed E-state index contributed by atoms with van der Waals surface area (Å²) in [7, 11) is 0. The zero-order valence-corrected chi connectivity index (χ0v) is 12.7. The number of anilines is 1. The van der Waals surface area contributed by atoms with Crippen LogP contribution < -0.4 is 5.73 Å². The molecule has 0 aliphatic heterocycles. The van der Waals surface area contributed by atoms with E-state index in [2.05, 4.69) is 20.9 Å². The van der Waals surface area contributed by atoms with E-state index in [4.69, 9.17) is 28.9 Å². The van der Waals surface area contributed by atoms with Gasteiger partial charge in [-0.15, -0.1) is 0 Å². The maximum Gasteiger partial charge on any atom is 0.205 e. The third-order valence-corrected chi connectivity index (χ3v) is 4.21. The van der Waals surface area contributed by atoms with Crippen LogP contribution in [0.15, 0.2) is 40.9 Å². The van der Waals surface area contributed by atoms with E-state index >= 15 is 0 Å². The van der Waals surface area contributed by atoms with Crippen molar-refractivity contribution in [3.63, 3.8) is 0 Å². The summed E-state index contributed by atoms with van der Waals surface area (Å²) >= 11 is 15.6. The number of benzene rings is 2. The standard InChI is InChI=1S/C13H8BrCl2N3/c14-7-3-1-2-4-11(7)19-12-6-9(16)8(15)5-10(12)18-13(19)17/h1-6H,(H2,17,18). The molecule has 1 heterocycles. The SMILES string of the molecule is Nc1nc2cc(Cl)c(Cl)cc2n1-c1ccccc1Br. The van der Waals surface area contributed by atoms with Gasteiger partial charge in [0.25, 0.3) is 0 Å². The lowest BCUT2D eigenvalue weighted by atomic mass is 10.3. The van der Waals surface area contributed by atoms with E-state index in [9.17, 15) is 0 Å². The third kappa shape index (κ3) is 2.10. The highest BCUT2D eigenvalue weighted by molar-refractivity contribution is 9.10. The van der Waals surface area contributed by atoms with E-state index in [1.165, 1.54) is 0 Å². The van der Waals surface area contributed by atoms with Crippen molar-refractivity contribution in [1.82, 2.24) is 9.55 Å². The van der Waals surface area contributed by atoms with E-state index in [0.717, 1.165) is 15.7 Å². The molecule has 0 saturated carbocycles. The Morgan fingerprint density at radius 1 is 1.11 bits per heavy atom. The second kappa shape index (κ2) is 4.71. The van der Waals surface area contributed by atoms with Gasteiger partial charge in [0, 0.05) is 4.47 Å². The third-order valence-electron chi connectivity index (χ3n) is 2.82. The molecule has 0 spiro atoms. The molecule has 0 bridgehead atoms. The number of nitrogen functional groups attached to an aromatic ring is 1. The Hall–Kier alpha value is -1.23. The number of imidazole rings is 1. The first kappa shape index (κ1) is 12.8. The van der Waals surface area contributed by atoms with E-state index in [1.54, 1.807) is 12.1 Å². The van der Waals surface area contributed by atoms with Gasteiger partial charge in [0.05, 0.1) is 26.8 Å². The number of aromatic nitrogens is 2. The van der Waals surface area contributed by atoms with Crippen LogP contribution in [0.4, 0.5) is 5.95 Å². The molecular weight excluding hydrogens is 349 g/mol. The zero-order chi connectivity index (χ0) is 13.6. The molecule has 0 atom stereocenters. The summed E-state index contributed by atoms with van der Waals surface area (Å²) in [5.74, 6) is 0.389. The highest BCUT2D eigenvalue weighted by atomic mass is 79.9. The van der Waals surface area contributed by atoms with Gasteiger partial charge < -0.3 is 5.73 Å². The highest BCUT2D eigenvalue weighted by Gasteiger charge is 2.14. The van der Waals surface area contributed by atoms with Crippen LogP contribution in [0.3, 0.4) is 0 Å². The molecule has 2 N–H and O–H groups in total. The summed E-state index contributed by atoms with van der Waals surface area (Å²) in [6, 6.07) is 11.2. The van der Waals surface area contributed by atoms with Crippen molar-refractivity contribution >= 4 is 56.1 Å². The molecule has 1 aromatic heterocycles. The van der Waals surface area contributed by atoms with Crippen molar-refractivity contribution in [2.75, 3.05) is 5.73 Å². The molecule has 0 aliphatic rings. The van der Waals surface area contributed by atoms with Crippen molar-refractivity contribution in [3.8, 4) is 5.69 Å². The predicted octanol–water partition coefficient (Wildman–Crippen LogP) is 4.68. The van der Waals surface area contributed by atoms with Gasteiger partial charge in [0.15, 0.2) is 0 Å². The molecule has 2 aromatic carbocycles. The fraction of sp³-hybridized carbons (Fsp3) is 0. The fourth-order valence-corrected chi connectivity index (χ4v) is 2.76. The molecule has 0 saturated heterocycles. The normalized spacial score (nSPS) is 11.1. The Balaban J connectivity index is 2.38. The largest absolute Gasteiger partial charge is 0.369 e. The molecule has 3 rings (SSSR count). The molecule has 96 valence electrons. The molecule has 0 radical (unpaired) electrons. The number of nitrogens with two attached hydrogens (primary N) is 1. The highest BCUT2D eigenvalue weighted by Crippen LogP contribution is 2.32. The summed E-state index contributed by atoms with van der Waals surface area (Å²) < 4.78 is 2.76. The van der Waals surface area contributed by atoms with Crippen LogP contribution in [0, 0.1) is 0 Å². The first-order chi connectivity index (χ1) is 9.08. The minimum atomic E-state index is 0.389. The lowest BCUT2D eigenvalue weighted by Crippen LogP contribution is -2.01. The van der Waals surface area contributed by atoms with Crippen LogP contribution >= 0.6 is 39.1 Å². The van der Waals surface area contributed by atoms with E-state index in [1.807, 2.05) is 28.8 Å². The molecular formula is C13H8BrCl2N3. The molecule has 3 aromatic rings. The monoisotopic (exact) mass is 355 g/mol. The van der Waals surface area contributed by atoms with Crippen molar-refractivity contribution in [1.29, 1.82) is 0 Å². The number of hydrogen-bond donors (Lipinski definition) is 1. The Bertz CT molecular complexity index is 783. The minimum absolute atomic E-state index is 0.389. The van der Waals surface area contributed by atoms with Crippen LogP contribution in [-0.4, -0.2) is 9.55 Å². The Labute approximate surface area is 128 Å². The van der Waals surface area contributed by atoms with Gasteiger partial charge in [-0.05, 0) is 40.2 Å². The van der Waals surface area contributed by atoms with Gasteiger partial charge in [-0.3, -0.25) is 4.57 Å². The smallest absolute Gasteiger partial charge is 0.205 e. The van der Waals surface area contributed by atoms with Gasteiger partial charge in [-0.25, -0.2) is 4.98 Å². The van der Waals surface area contributed by atoms with Gasteiger partial charge in [-0.2, -0.15) is 0 Å². The minimum Gasteiger partial charge on any atom is -0.369 e. The average molecular weight is 357 g/mol. The molecule has 0 unspecified atom stereocenters. The number of fused-ring (bicyclic) bond motifs is 1. The zero-order valence-electron chi connectivity index (χ0n) is 9.57. The lowest BCUT2D eigenvalue weighted by molar-refractivity contribution is 1.10. The fourth-order valence-electron chi connectivity index (χ4n) is 1.98. The topological polar surface area (TPSA) is 43.8 Å². The van der Waals surface area contributed by atoms with Crippen LogP contribution in [0.2, 0.25) is 10.0 Å². The van der Waals surface area contributed by atoms with Crippen molar-refractivity contribution in [3.05, 3.63) is 50.9 Å². The molecule has 6 heteroatoms. The molecule has 19 heavy (non-hydrogen) atoms. The summed E-state index contributed by atoms with van der Waals surface area (Å²) in [6.45, 7) is 0. The summed E-state index contributed by atoms with van der Waals surface area (Å²) in [5.41, 5.74) is 8.43. The van der Waals surface area contributed by atoms with Gasteiger partial charge in [0.2, 0.25) is 5.95 Å². The first-order valence-corrected chi connectivity index (χ1v) is 7.00. The second-order valence-electron chi connectivity index (χ2n) is 4.01. The van der Waals surface area contributed by atoms with Gasteiger partial charge in [0.1, 0.15) is 0 Å². The van der Waals surface area contributed by atoms with Crippen molar-refractivity contribution < 1.29 is 0 Å². The Morgan fingerprint density at radius 3 is 2.53 bits per heavy atom. The molecule has 0 aliphatic carbocycles. The van der Waals surface area contributed by atoms with Crippen LogP contribution in [0.5, 0.6) is 0 Å². The van der Waals surface area contributed by atoms with Gasteiger partial charge in [-0.1, -0.05) is 35.3 Å². The first-order valence-electron chi connectivity index (χ1n) is 5.46. The average Bonchev–Trinajstić information content (AvgIpc) is 2.66. The summed E-state index contributed by atoms with van der Waals surface area (Å²) in [5, 5.41) is 0.938. The molecule has 0 fully saturated rings. The van der Waals surface area contributed by atoms with Crippen LogP contribution in [0.1, 0.15) is 0 Å². The maximum absolute atomic E-state index is 6.07. The quantitative estimate of drug-likeness (QED) is 0.688. The van der Waals surface area contributed by atoms with Gasteiger partial charge >= 0.3 is 0 Å². The maximum atomic E-state index is 6.07. The molecule has 3 nitrogen and oxygen atoms in total. The molecule has 0 amide bonds. The number of halogens is 3. The number of rotatable bonds is 1. The Morgan fingerprint density at radius 2 is 1.79 bits per heavy atom. The van der Waals surface area contributed by atoms with Crippen LogP contribution in [-0.2, 0) is 0 Å². The van der Waals surface area contributed by atoms with E-state index in [0.29, 0.717) is 21.5 Å². The summed E-state index contributed by atoms with van der Waals surface area (Å²) in [4.78, 5) is 4.31. The number of hydrogen-bond acceptors (Lipinski definition) is 2. The number of nitrogens with zero attached hydrogens (tertiary/aromatic N) is 2. The van der Waals surface area contributed by atoms with Crippen molar-refractivity contribution in [2.45, 2.75) is 0 Å². The van der Waals surface area contributed by atoms with Crippen molar-refractivity contribution in [2.24, 2.45) is 0 Å². The lowest BCUT2D eigenvalue weighted by Gasteiger charge is -2.08. The van der Waals surface area contributed by atoms with E-state index in [-0.39, 0.29) is 0 Å². The second-order valence-corrected chi connectivity index (χ2v) is 5.68. The Kier molecular flexibility index (Phi) is 3.17. The van der Waals surface area contributed by atoms with Crippen LogP contribution in [0.25, 0.3) is 16.7 Å². The number of para-hydroxylation sites is 1. The predicted molar refractivity (Wildman–Crippen MR) is 83.2 cm³/mol. The summed E-state index contributed by atoms with van der Waals surface area (Å²) in [6.07, 6.45) is 0. The van der Waals surface area contributed by atoms with E-state index < -0.39 is 0 Å².